The molecular formula is C15H11NO3S. The quantitative estimate of drug-likeness (QED) is 0.788. The van der Waals surface area contributed by atoms with Crippen LogP contribution in [0.1, 0.15) is 16.1 Å². The van der Waals surface area contributed by atoms with Gasteiger partial charge in [0.1, 0.15) is 10.8 Å². The third-order valence-electron chi connectivity index (χ3n) is 2.96. The molecule has 0 aliphatic heterocycles. The van der Waals surface area contributed by atoms with Crippen LogP contribution >= 0.6 is 11.8 Å². The first-order chi connectivity index (χ1) is 9.65. The Balaban J connectivity index is 2.03. The second-order valence-corrected chi connectivity index (χ2v) is 5.33. The van der Waals surface area contributed by atoms with Gasteiger partial charge in [0.25, 0.3) is 0 Å². The van der Waals surface area contributed by atoms with Crippen molar-refractivity contribution in [3.63, 3.8) is 0 Å². The summed E-state index contributed by atoms with van der Waals surface area (Å²) >= 11 is 1.50. The van der Waals surface area contributed by atoms with Crippen LogP contribution in [0.4, 0.5) is 0 Å². The Bertz CT molecular complexity index is 795. The predicted molar refractivity (Wildman–Crippen MR) is 76.3 cm³/mol. The third kappa shape index (κ3) is 2.28. The number of carbonyl (C=O) groups is 1. The highest BCUT2D eigenvalue weighted by atomic mass is 32.2. The fraction of sp³-hybridized carbons (Fsp3) is 0.0667. The van der Waals surface area contributed by atoms with Crippen LogP contribution < -0.4 is 0 Å². The third-order valence-corrected chi connectivity index (χ3v) is 4.04. The molecular weight excluding hydrogens is 274 g/mol. The van der Waals surface area contributed by atoms with E-state index in [-0.39, 0.29) is 5.56 Å². The Morgan fingerprint density at radius 3 is 2.80 bits per heavy atom. The minimum absolute atomic E-state index is 0.269. The maximum absolute atomic E-state index is 11.2. The van der Waals surface area contributed by atoms with Gasteiger partial charge in [-0.1, -0.05) is 17.8 Å². The van der Waals surface area contributed by atoms with Gasteiger partial charge in [-0.3, -0.25) is 0 Å². The van der Waals surface area contributed by atoms with Crippen molar-refractivity contribution in [2.45, 2.75) is 16.8 Å². The van der Waals surface area contributed by atoms with E-state index in [4.69, 9.17) is 9.52 Å². The van der Waals surface area contributed by atoms with Crippen LogP contribution in [0.25, 0.3) is 10.9 Å². The predicted octanol–water partition coefficient (Wildman–Crippen LogP) is 3.99. The molecule has 1 N–H and O–H groups in total. The molecule has 0 aliphatic carbocycles. The maximum atomic E-state index is 11.2. The number of hydrogen-bond acceptors (Lipinski definition) is 4. The van der Waals surface area contributed by atoms with E-state index < -0.39 is 5.97 Å². The average molecular weight is 285 g/mol. The highest BCUT2D eigenvalue weighted by molar-refractivity contribution is 7.99. The Kier molecular flexibility index (Phi) is 3.20. The minimum atomic E-state index is -0.941. The van der Waals surface area contributed by atoms with E-state index in [1.54, 1.807) is 24.5 Å². The molecule has 0 saturated heterocycles. The van der Waals surface area contributed by atoms with Crippen LogP contribution in [-0.2, 0) is 0 Å². The normalized spacial score (nSPS) is 10.8. The molecule has 3 rings (SSSR count). The average Bonchev–Trinajstić information content (AvgIpc) is 2.83. The van der Waals surface area contributed by atoms with Crippen LogP contribution in [0.5, 0.6) is 0 Å². The van der Waals surface area contributed by atoms with E-state index >= 15 is 0 Å². The number of carboxylic acid groups (broad SMARTS) is 1. The molecule has 0 fully saturated rings. The SMILES string of the molecule is Cc1occc1Sc1ccc2c(C(=O)O)cccc2n1. The summed E-state index contributed by atoms with van der Waals surface area (Å²) in [6.45, 7) is 1.89. The molecule has 0 spiro atoms. The largest absolute Gasteiger partial charge is 0.478 e. The fourth-order valence-corrected chi connectivity index (χ4v) is 2.79. The Labute approximate surface area is 119 Å². The zero-order valence-electron chi connectivity index (χ0n) is 10.7. The number of rotatable bonds is 3. The van der Waals surface area contributed by atoms with Crippen molar-refractivity contribution in [3.8, 4) is 0 Å². The second-order valence-electron chi connectivity index (χ2n) is 4.27. The van der Waals surface area contributed by atoms with E-state index in [1.165, 1.54) is 11.8 Å². The molecule has 20 heavy (non-hydrogen) atoms. The van der Waals surface area contributed by atoms with E-state index in [0.717, 1.165) is 15.7 Å². The monoisotopic (exact) mass is 285 g/mol. The molecule has 2 aromatic heterocycles. The first-order valence-electron chi connectivity index (χ1n) is 6.00. The summed E-state index contributed by atoms with van der Waals surface area (Å²) in [5.74, 6) is -0.0975. The van der Waals surface area contributed by atoms with Crippen molar-refractivity contribution < 1.29 is 14.3 Å². The summed E-state index contributed by atoms with van der Waals surface area (Å²) in [5.41, 5.74) is 0.946. The van der Waals surface area contributed by atoms with Gasteiger partial charge in [0, 0.05) is 5.39 Å². The van der Waals surface area contributed by atoms with Crippen molar-refractivity contribution in [1.29, 1.82) is 0 Å². The lowest BCUT2D eigenvalue weighted by Crippen LogP contribution is -1.97. The van der Waals surface area contributed by atoms with Crippen LogP contribution in [0.2, 0.25) is 0 Å². The second kappa shape index (κ2) is 5.02. The maximum Gasteiger partial charge on any atom is 0.336 e. The minimum Gasteiger partial charge on any atom is -0.478 e. The number of fused-ring (bicyclic) bond motifs is 1. The van der Waals surface area contributed by atoms with Gasteiger partial charge in [-0.2, -0.15) is 0 Å². The molecule has 0 amide bonds. The lowest BCUT2D eigenvalue weighted by atomic mass is 10.1. The summed E-state index contributed by atoms with van der Waals surface area (Å²) in [5, 5.41) is 10.6. The molecule has 2 heterocycles. The van der Waals surface area contributed by atoms with Crippen molar-refractivity contribution in [3.05, 3.63) is 54.0 Å². The van der Waals surface area contributed by atoms with E-state index in [0.29, 0.717) is 10.9 Å². The van der Waals surface area contributed by atoms with Gasteiger partial charge >= 0.3 is 5.97 Å². The highest BCUT2D eigenvalue weighted by Gasteiger charge is 2.10. The first-order valence-corrected chi connectivity index (χ1v) is 6.82. The number of benzene rings is 1. The molecule has 100 valence electrons. The fourth-order valence-electron chi connectivity index (χ4n) is 1.97. The molecule has 0 unspecified atom stereocenters. The number of hydrogen-bond donors (Lipinski definition) is 1. The summed E-state index contributed by atoms with van der Waals surface area (Å²) in [6, 6.07) is 10.6. The lowest BCUT2D eigenvalue weighted by molar-refractivity contribution is 0.0699. The van der Waals surface area contributed by atoms with Crippen molar-refractivity contribution in [1.82, 2.24) is 4.98 Å². The summed E-state index contributed by atoms with van der Waals surface area (Å²) in [4.78, 5) is 16.7. The van der Waals surface area contributed by atoms with Crippen molar-refractivity contribution in [2.24, 2.45) is 0 Å². The molecule has 0 saturated carbocycles. The van der Waals surface area contributed by atoms with Gasteiger partial charge in [-0.25, -0.2) is 9.78 Å². The number of pyridine rings is 1. The Morgan fingerprint density at radius 2 is 2.10 bits per heavy atom. The van der Waals surface area contributed by atoms with E-state index in [9.17, 15) is 4.79 Å². The standard InChI is InChI=1S/C15H11NO3S/c1-9-13(7-8-19-9)20-14-6-5-10-11(15(17)18)3-2-4-12(10)16-14/h2-8H,1H3,(H,17,18). The number of aromatic carboxylic acids is 1. The van der Waals surface area contributed by atoms with Gasteiger partial charge in [0.15, 0.2) is 0 Å². The Hall–Kier alpha value is -2.27. The van der Waals surface area contributed by atoms with Crippen LogP contribution in [-0.4, -0.2) is 16.1 Å². The van der Waals surface area contributed by atoms with Gasteiger partial charge in [-0.05, 0) is 37.3 Å². The molecule has 3 aromatic rings. The van der Waals surface area contributed by atoms with Crippen molar-refractivity contribution in [2.75, 3.05) is 0 Å². The molecule has 4 nitrogen and oxygen atoms in total. The lowest BCUT2D eigenvalue weighted by Gasteiger charge is -2.04. The van der Waals surface area contributed by atoms with Gasteiger partial charge in [0.05, 0.1) is 22.2 Å². The zero-order chi connectivity index (χ0) is 14.1. The molecule has 0 aliphatic rings. The first kappa shape index (κ1) is 12.7. The molecule has 1 aromatic carbocycles. The van der Waals surface area contributed by atoms with E-state index in [2.05, 4.69) is 4.98 Å². The van der Waals surface area contributed by atoms with Gasteiger partial charge in [0.2, 0.25) is 0 Å². The van der Waals surface area contributed by atoms with Crippen LogP contribution in [0.15, 0.2) is 57.0 Å². The number of aryl methyl sites for hydroxylation is 1. The number of carboxylic acids is 1. The summed E-state index contributed by atoms with van der Waals surface area (Å²) in [6.07, 6.45) is 1.64. The summed E-state index contributed by atoms with van der Waals surface area (Å²) in [7, 11) is 0. The molecule has 0 atom stereocenters. The van der Waals surface area contributed by atoms with E-state index in [1.807, 2.05) is 25.1 Å². The number of aromatic nitrogens is 1. The topological polar surface area (TPSA) is 63.3 Å². The molecule has 5 heteroatoms. The van der Waals surface area contributed by atoms with Crippen molar-refractivity contribution >= 4 is 28.6 Å². The smallest absolute Gasteiger partial charge is 0.336 e. The van der Waals surface area contributed by atoms with Crippen LogP contribution in [0, 0.1) is 6.92 Å². The van der Waals surface area contributed by atoms with Gasteiger partial charge < -0.3 is 9.52 Å². The van der Waals surface area contributed by atoms with Crippen LogP contribution in [0.3, 0.4) is 0 Å². The highest BCUT2D eigenvalue weighted by Crippen LogP contribution is 2.31. The number of furan rings is 1. The zero-order valence-corrected chi connectivity index (χ0v) is 11.5. The Morgan fingerprint density at radius 1 is 1.25 bits per heavy atom. The van der Waals surface area contributed by atoms with Gasteiger partial charge in [-0.15, -0.1) is 0 Å². The summed E-state index contributed by atoms with van der Waals surface area (Å²) < 4.78 is 5.25. The molecule has 0 bridgehead atoms. The molecule has 0 radical (unpaired) electrons. The number of nitrogens with zero attached hydrogens (tertiary/aromatic N) is 1.